The number of amides is 1. The van der Waals surface area contributed by atoms with Crippen LogP contribution in [0.5, 0.6) is 0 Å². The van der Waals surface area contributed by atoms with Crippen molar-refractivity contribution in [1.29, 1.82) is 0 Å². The molecule has 5 heteroatoms. The van der Waals surface area contributed by atoms with Gasteiger partial charge in [0.25, 0.3) is 5.91 Å². The van der Waals surface area contributed by atoms with Crippen LogP contribution < -0.4 is 5.32 Å². The van der Waals surface area contributed by atoms with Crippen LogP contribution in [0.3, 0.4) is 0 Å². The van der Waals surface area contributed by atoms with Crippen molar-refractivity contribution in [3.63, 3.8) is 0 Å². The van der Waals surface area contributed by atoms with Gasteiger partial charge in [-0.1, -0.05) is 28.1 Å². The Bertz CT molecular complexity index is 646. The summed E-state index contributed by atoms with van der Waals surface area (Å²) in [6.07, 6.45) is 0. The lowest BCUT2D eigenvalue weighted by Gasteiger charge is -2.14. The van der Waals surface area contributed by atoms with Crippen LogP contribution in [0, 0.1) is 11.6 Å². The molecule has 0 heterocycles. The van der Waals surface area contributed by atoms with Gasteiger partial charge in [0.05, 0.1) is 6.04 Å². The van der Waals surface area contributed by atoms with Gasteiger partial charge in [0.2, 0.25) is 0 Å². The van der Waals surface area contributed by atoms with Gasteiger partial charge in [-0.3, -0.25) is 4.79 Å². The molecule has 0 aliphatic carbocycles. The number of carbonyl (C=O) groups is 1. The van der Waals surface area contributed by atoms with Crippen molar-refractivity contribution in [1.82, 2.24) is 5.32 Å². The topological polar surface area (TPSA) is 29.1 Å². The van der Waals surface area contributed by atoms with Crippen molar-refractivity contribution in [3.05, 3.63) is 69.7 Å². The Morgan fingerprint density at radius 1 is 1.15 bits per heavy atom. The zero-order chi connectivity index (χ0) is 14.7. The number of hydrogen-bond acceptors (Lipinski definition) is 1. The molecule has 1 N–H and O–H groups in total. The van der Waals surface area contributed by atoms with Gasteiger partial charge in [-0.15, -0.1) is 0 Å². The Morgan fingerprint density at radius 3 is 2.55 bits per heavy atom. The first-order valence-corrected chi connectivity index (χ1v) is 6.78. The van der Waals surface area contributed by atoms with Crippen molar-refractivity contribution in [3.8, 4) is 0 Å². The molecule has 1 unspecified atom stereocenters. The maximum Gasteiger partial charge on any atom is 0.251 e. The van der Waals surface area contributed by atoms with E-state index in [2.05, 4.69) is 21.2 Å². The Hall–Kier alpha value is -1.75. The molecule has 0 radical (unpaired) electrons. The first-order valence-electron chi connectivity index (χ1n) is 5.99. The first kappa shape index (κ1) is 14.7. The molecule has 0 bridgehead atoms. The van der Waals surface area contributed by atoms with Crippen LogP contribution in [-0.2, 0) is 0 Å². The molecule has 0 saturated carbocycles. The highest BCUT2D eigenvalue weighted by molar-refractivity contribution is 9.10. The van der Waals surface area contributed by atoms with E-state index in [9.17, 15) is 13.6 Å². The van der Waals surface area contributed by atoms with Gasteiger partial charge in [-0.2, -0.15) is 0 Å². The second-order valence-corrected chi connectivity index (χ2v) is 5.29. The van der Waals surface area contributed by atoms with Gasteiger partial charge in [0.15, 0.2) is 11.6 Å². The molecule has 2 nitrogen and oxygen atoms in total. The van der Waals surface area contributed by atoms with Crippen molar-refractivity contribution in [2.75, 3.05) is 0 Å². The lowest BCUT2D eigenvalue weighted by Crippen LogP contribution is -2.26. The molecule has 0 fully saturated rings. The van der Waals surface area contributed by atoms with E-state index in [4.69, 9.17) is 0 Å². The van der Waals surface area contributed by atoms with E-state index >= 15 is 0 Å². The molecule has 0 aliphatic rings. The number of halogens is 3. The molecule has 1 amide bonds. The van der Waals surface area contributed by atoms with E-state index in [-0.39, 0.29) is 11.6 Å². The summed E-state index contributed by atoms with van der Waals surface area (Å²) < 4.78 is 26.8. The van der Waals surface area contributed by atoms with Gasteiger partial charge in [0, 0.05) is 10.0 Å². The van der Waals surface area contributed by atoms with Crippen molar-refractivity contribution >= 4 is 21.8 Å². The summed E-state index contributed by atoms with van der Waals surface area (Å²) >= 11 is 3.36. The zero-order valence-corrected chi connectivity index (χ0v) is 12.2. The van der Waals surface area contributed by atoms with E-state index in [0.29, 0.717) is 0 Å². The van der Waals surface area contributed by atoms with E-state index in [1.54, 1.807) is 0 Å². The summed E-state index contributed by atoms with van der Waals surface area (Å²) in [6.45, 7) is 1.82. The van der Waals surface area contributed by atoms with Crippen LogP contribution >= 0.6 is 15.9 Å². The van der Waals surface area contributed by atoms with Crippen LogP contribution in [0.1, 0.15) is 28.9 Å². The molecule has 1 atom stereocenters. The molecule has 2 rings (SSSR count). The monoisotopic (exact) mass is 339 g/mol. The second kappa shape index (κ2) is 6.13. The minimum atomic E-state index is -1.03. The lowest BCUT2D eigenvalue weighted by molar-refractivity contribution is 0.0939. The average Bonchev–Trinajstić information content (AvgIpc) is 2.41. The number of benzene rings is 2. The Balaban J connectivity index is 2.13. The van der Waals surface area contributed by atoms with Crippen LogP contribution in [0.15, 0.2) is 46.9 Å². The summed E-state index contributed by atoms with van der Waals surface area (Å²) in [5.41, 5.74) is 1.00. The van der Waals surface area contributed by atoms with Crippen molar-refractivity contribution in [2.45, 2.75) is 13.0 Å². The Labute approximate surface area is 123 Å². The molecule has 0 aliphatic heterocycles. The van der Waals surface area contributed by atoms with E-state index in [1.165, 1.54) is 6.07 Å². The summed E-state index contributed by atoms with van der Waals surface area (Å²) in [5, 5.41) is 2.74. The van der Waals surface area contributed by atoms with E-state index in [0.717, 1.165) is 22.2 Å². The smallest absolute Gasteiger partial charge is 0.251 e. The number of carbonyl (C=O) groups excluding carboxylic acids is 1. The van der Waals surface area contributed by atoms with Crippen LogP contribution in [-0.4, -0.2) is 5.91 Å². The fourth-order valence-electron chi connectivity index (χ4n) is 1.78. The molecule has 2 aromatic carbocycles. The maximum atomic E-state index is 13.1. The summed E-state index contributed by atoms with van der Waals surface area (Å²) in [5.74, 6) is -2.45. The first-order chi connectivity index (χ1) is 9.47. The molecule has 0 aromatic heterocycles. The third-order valence-electron chi connectivity index (χ3n) is 2.88. The highest BCUT2D eigenvalue weighted by atomic mass is 79.9. The number of nitrogens with one attached hydrogen (secondary N) is 1. The molecule has 2 aromatic rings. The van der Waals surface area contributed by atoms with E-state index < -0.39 is 17.5 Å². The predicted molar refractivity (Wildman–Crippen MR) is 76.4 cm³/mol. The van der Waals surface area contributed by atoms with Crippen molar-refractivity contribution in [2.24, 2.45) is 0 Å². The predicted octanol–water partition coefficient (Wildman–Crippen LogP) is 4.22. The fourth-order valence-corrected chi connectivity index (χ4v) is 2.19. The fraction of sp³-hybridized carbons (Fsp3) is 0.133. The second-order valence-electron chi connectivity index (χ2n) is 4.38. The standard InChI is InChI=1S/C15H12BrF2NO/c1-9(10-3-2-4-12(16)7-10)19-15(20)11-5-6-13(17)14(18)8-11/h2-9H,1H3,(H,19,20). The van der Waals surface area contributed by atoms with Crippen molar-refractivity contribution < 1.29 is 13.6 Å². The highest BCUT2D eigenvalue weighted by Crippen LogP contribution is 2.18. The minimum Gasteiger partial charge on any atom is -0.346 e. The highest BCUT2D eigenvalue weighted by Gasteiger charge is 2.13. The summed E-state index contributed by atoms with van der Waals surface area (Å²) in [4.78, 5) is 12.0. The number of hydrogen-bond donors (Lipinski definition) is 1. The van der Waals surface area contributed by atoms with Gasteiger partial charge in [-0.25, -0.2) is 8.78 Å². The normalized spacial score (nSPS) is 12.0. The molecule has 20 heavy (non-hydrogen) atoms. The molecule has 0 spiro atoms. The van der Waals surface area contributed by atoms with Gasteiger partial charge in [-0.05, 0) is 42.8 Å². The molecular weight excluding hydrogens is 328 g/mol. The third-order valence-corrected chi connectivity index (χ3v) is 3.37. The molecule has 0 saturated heterocycles. The molecular formula is C15H12BrF2NO. The van der Waals surface area contributed by atoms with Gasteiger partial charge >= 0.3 is 0 Å². The minimum absolute atomic E-state index is 0.0887. The largest absolute Gasteiger partial charge is 0.346 e. The average molecular weight is 340 g/mol. The van der Waals surface area contributed by atoms with Crippen LogP contribution in [0.25, 0.3) is 0 Å². The Morgan fingerprint density at radius 2 is 1.90 bits per heavy atom. The maximum absolute atomic E-state index is 13.1. The van der Waals surface area contributed by atoms with E-state index in [1.807, 2.05) is 31.2 Å². The summed E-state index contributed by atoms with van der Waals surface area (Å²) in [6, 6.07) is 10.3. The lowest BCUT2D eigenvalue weighted by atomic mass is 10.1. The van der Waals surface area contributed by atoms with Gasteiger partial charge in [0.1, 0.15) is 0 Å². The van der Waals surface area contributed by atoms with Crippen LogP contribution in [0.2, 0.25) is 0 Å². The SMILES string of the molecule is CC(NC(=O)c1ccc(F)c(F)c1)c1cccc(Br)c1. The van der Waals surface area contributed by atoms with Gasteiger partial charge < -0.3 is 5.32 Å². The number of rotatable bonds is 3. The quantitative estimate of drug-likeness (QED) is 0.891. The zero-order valence-electron chi connectivity index (χ0n) is 10.7. The summed E-state index contributed by atoms with van der Waals surface area (Å²) in [7, 11) is 0. The molecule has 104 valence electrons. The Kier molecular flexibility index (Phi) is 4.49. The third kappa shape index (κ3) is 3.42. The van der Waals surface area contributed by atoms with Crippen LogP contribution in [0.4, 0.5) is 8.78 Å².